The van der Waals surface area contributed by atoms with Crippen LogP contribution in [-0.2, 0) is 16.1 Å². The van der Waals surface area contributed by atoms with Crippen molar-refractivity contribution in [3.63, 3.8) is 0 Å². The maximum absolute atomic E-state index is 12.5. The van der Waals surface area contributed by atoms with Crippen molar-refractivity contribution >= 4 is 23.4 Å². The summed E-state index contributed by atoms with van der Waals surface area (Å²) < 4.78 is 5.82. The Balaban J connectivity index is 1.99. The van der Waals surface area contributed by atoms with Crippen LogP contribution in [0, 0.1) is 5.41 Å². The largest absolute Gasteiger partial charge is 0.459 e. The summed E-state index contributed by atoms with van der Waals surface area (Å²) in [5, 5.41) is 3.41. The summed E-state index contributed by atoms with van der Waals surface area (Å²) in [6, 6.07) is 10.5. The molecule has 6 heteroatoms. The number of carbonyl (C=O) groups excluding carboxylic acids is 2. The molecule has 0 spiro atoms. The molecule has 2 rings (SSSR count). The van der Waals surface area contributed by atoms with Gasteiger partial charge in [-0.1, -0.05) is 32.4 Å². The van der Waals surface area contributed by atoms with Crippen LogP contribution >= 0.6 is 11.6 Å². The second-order valence-corrected chi connectivity index (χ2v) is 7.85. The van der Waals surface area contributed by atoms with E-state index < -0.39 is 11.5 Å². The summed E-state index contributed by atoms with van der Waals surface area (Å²) in [6.45, 7) is 7.44. The SMILES string of the molecule is CC(NC(=O)C(C)(C)C)C(=O)N(C)Cc1ccc(-c2ccc(Cl)cc2)o1. The van der Waals surface area contributed by atoms with E-state index in [-0.39, 0.29) is 11.8 Å². The van der Waals surface area contributed by atoms with Crippen molar-refractivity contribution in [2.75, 3.05) is 7.05 Å². The van der Waals surface area contributed by atoms with Crippen LogP contribution in [0.3, 0.4) is 0 Å². The van der Waals surface area contributed by atoms with Crippen molar-refractivity contribution in [2.45, 2.75) is 40.3 Å². The molecule has 0 aliphatic heterocycles. The molecule has 1 aromatic carbocycles. The number of hydrogen-bond donors (Lipinski definition) is 1. The lowest BCUT2D eigenvalue weighted by Crippen LogP contribution is -2.48. The zero-order chi connectivity index (χ0) is 19.5. The van der Waals surface area contributed by atoms with Gasteiger partial charge in [0, 0.05) is 23.0 Å². The van der Waals surface area contributed by atoms with Crippen molar-refractivity contribution in [3.8, 4) is 11.3 Å². The molecule has 0 saturated heterocycles. The number of carbonyl (C=O) groups is 2. The molecule has 1 atom stereocenters. The Bertz CT molecular complexity index is 775. The molecular formula is C20H25ClN2O3. The number of furan rings is 1. The van der Waals surface area contributed by atoms with Crippen molar-refractivity contribution in [1.29, 1.82) is 0 Å². The molecule has 1 N–H and O–H groups in total. The van der Waals surface area contributed by atoms with Gasteiger partial charge in [0.25, 0.3) is 0 Å². The van der Waals surface area contributed by atoms with E-state index in [2.05, 4.69) is 5.32 Å². The third kappa shape index (κ3) is 5.11. The monoisotopic (exact) mass is 376 g/mol. The number of benzene rings is 1. The number of nitrogens with one attached hydrogen (secondary N) is 1. The highest BCUT2D eigenvalue weighted by Crippen LogP contribution is 2.24. The van der Waals surface area contributed by atoms with Gasteiger partial charge < -0.3 is 14.6 Å². The van der Waals surface area contributed by atoms with Gasteiger partial charge >= 0.3 is 0 Å². The van der Waals surface area contributed by atoms with Gasteiger partial charge in [-0.2, -0.15) is 0 Å². The highest BCUT2D eigenvalue weighted by Gasteiger charge is 2.26. The predicted molar refractivity (Wildman–Crippen MR) is 103 cm³/mol. The van der Waals surface area contributed by atoms with E-state index >= 15 is 0 Å². The minimum absolute atomic E-state index is 0.158. The average molecular weight is 377 g/mol. The molecule has 5 nitrogen and oxygen atoms in total. The fourth-order valence-electron chi connectivity index (χ4n) is 2.35. The number of amides is 2. The summed E-state index contributed by atoms with van der Waals surface area (Å²) in [5.41, 5.74) is 0.377. The van der Waals surface area contributed by atoms with E-state index in [1.165, 1.54) is 4.90 Å². The van der Waals surface area contributed by atoms with Crippen LogP contribution in [0.15, 0.2) is 40.8 Å². The lowest BCUT2D eigenvalue weighted by Gasteiger charge is -2.24. The van der Waals surface area contributed by atoms with Crippen LogP contribution in [0.2, 0.25) is 5.02 Å². The predicted octanol–water partition coefficient (Wildman–Crippen LogP) is 4.11. The van der Waals surface area contributed by atoms with Gasteiger partial charge in [-0.15, -0.1) is 0 Å². The van der Waals surface area contributed by atoms with E-state index in [0.717, 1.165) is 5.56 Å². The summed E-state index contributed by atoms with van der Waals surface area (Å²) >= 11 is 5.90. The van der Waals surface area contributed by atoms with Crippen molar-refractivity contribution in [2.24, 2.45) is 5.41 Å². The molecule has 2 aromatic rings. The summed E-state index contributed by atoms with van der Waals surface area (Å²) in [5.74, 6) is 1.05. The molecule has 0 fully saturated rings. The lowest BCUT2D eigenvalue weighted by molar-refractivity contribution is -0.137. The van der Waals surface area contributed by atoms with Gasteiger partial charge in [-0.25, -0.2) is 0 Å². The number of rotatable bonds is 5. The van der Waals surface area contributed by atoms with E-state index in [1.807, 2.05) is 45.0 Å². The standard InChI is InChI=1S/C20H25ClN2O3/c1-13(22-19(25)20(2,3)4)18(24)23(5)12-16-10-11-17(26-16)14-6-8-15(21)9-7-14/h6-11,13H,12H2,1-5H3,(H,22,25). The molecule has 1 heterocycles. The zero-order valence-corrected chi connectivity index (χ0v) is 16.6. The molecule has 1 aromatic heterocycles. The van der Waals surface area contributed by atoms with Crippen LogP contribution in [0.4, 0.5) is 0 Å². The first-order valence-electron chi connectivity index (χ1n) is 8.48. The fraction of sp³-hybridized carbons (Fsp3) is 0.400. The van der Waals surface area contributed by atoms with Gasteiger partial charge in [-0.3, -0.25) is 9.59 Å². The number of hydrogen-bond acceptors (Lipinski definition) is 3. The van der Waals surface area contributed by atoms with Gasteiger partial charge in [0.15, 0.2) is 0 Å². The highest BCUT2D eigenvalue weighted by atomic mass is 35.5. The zero-order valence-electron chi connectivity index (χ0n) is 15.8. The van der Waals surface area contributed by atoms with Crippen LogP contribution in [0.5, 0.6) is 0 Å². The van der Waals surface area contributed by atoms with Crippen LogP contribution < -0.4 is 5.32 Å². The van der Waals surface area contributed by atoms with Crippen LogP contribution in [0.25, 0.3) is 11.3 Å². The van der Waals surface area contributed by atoms with Gasteiger partial charge in [0.1, 0.15) is 17.6 Å². The minimum Gasteiger partial charge on any atom is -0.459 e. The van der Waals surface area contributed by atoms with E-state index in [0.29, 0.717) is 23.1 Å². The molecular weight excluding hydrogens is 352 g/mol. The van der Waals surface area contributed by atoms with E-state index in [9.17, 15) is 9.59 Å². The smallest absolute Gasteiger partial charge is 0.245 e. The Hall–Kier alpha value is -2.27. The Morgan fingerprint density at radius 3 is 2.35 bits per heavy atom. The fourth-order valence-corrected chi connectivity index (χ4v) is 2.48. The molecule has 0 bridgehead atoms. The second-order valence-electron chi connectivity index (χ2n) is 7.41. The Morgan fingerprint density at radius 2 is 1.77 bits per heavy atom. The van der Waals surface area contributed by atoms with E-state index in [1.54, 1.807) is 26.1 Å². The van der Waals surface area contributed by atoms with E-state index in [4.69, 9.17) is 16.0 Å². The van der Waals surface area contributed by atoms with Crippen molar-refractivity contribution in [1.82, 2.24) is 10.2 Å². The summed E-state index contributed by atoms with van der Waals surface area (Å²) in [7, 11) is 1.69. The topological polar surface area (TPSA) is 62.6 Å². The Labute approximate surface area is 159 Å². The Kier molecular flexibility index (Phi) is 6.13. The first-order chi connectivity index (χ1) is 12.1. The molecule has 0 aliphatic rings. The third-order valence-corrected chi connectivity index (χ3v) is 4.21. The third-order valence-electron chi connectivity index (χ3n) is 3.96. The van der Waals surface area contributed by atoms with Gasteiger partial charge in [0.05, 0.1) is 6.54 Å². The average Bonchev–Trinajstić information content (AvgIpc) is 3.02. The summed E-state index contributed by atoms with van der Waals surface area (Å²) in [4.78, 5) is 26.1. The molecule has 2 amide bonds. The molecule has 140 valence electrons. The number of halogens is 1. The first kappa shape index (κ1) is 20.0. The first-order valence-corrected chi connectivity index (χ1v) is 8.86. The maximum atomic E-state index is 12.5. The molecule has 0 aliphatic carbocycles. The normalized spacial score (nSPS) is 12.5. The maximum Gasteiger partial charge on any atom is 0.245 e. The molecule has 1 unspecified atom stereocenters. The van der Waals surface area contributed by atoms with Crippen LogP contribution in [-0.4, -0.2) is 29.8 Å². The van der Waals surface area contributed by atoms with Gasteiger partial charge in [-0.05, 0) is 43.3 Å². The van der Waals surface area contributed by atoms with Gasteiger partial charge in [0.2, 0.25) is 11.8 Å². The quantitative estimate of drug-likeness (QED) is 0.854. The molecule has 0 radical (unpaired) electrons. The number of likely N-dealkylation sites (N-methyl/N-ethyl adjacent to an activating group) is 1. The van der Waals surface area contributed by atoms with Crippen LogP contribution in [0.1, 0.15) is 33.5 Å². The lowest BCUT2D eigenvalue weighted by atomic mass is 9.95. The second kappa shape index (κ2) is 7.96. The Morgan fingerprint density at radius 1 is 1.15 bits per heavy atom. The minimum atomic E-state index is -0.600. The van der Waals surface area contributed by atoms with Crippen molar-refractivity contribution in [3.05, 3.63) is 47.2 Å². The molecule has 0 saturated carbocycles. The van der Waals surface area contributed by atoms with Crippen molar-refractivity contribution < 1.29 is 14.0 Å². The number of nitrogens with zero attached hydrogens (tertiary/aromatic N) is 1. The molecule has 26 heavy (non-hydrogen) atoms. The highest BCUT2D eigenvalue weighted by molar-refractivity contribution is 6.30. The summed E-state index contributed by atoms with van der Waals surface area (Å²) in [6.07, 6.45) is 0.